The van der Waals surface area contributed by atoms with Crippen molar-refractivity contribution < 1.29 is 24.6 Å². The fraction of sp³-hybridized carbons (Fsp3) is 0.400. The lowest BCUT2D eigenvalue weighted by Gasteiger charge is -2.24. The van der Waals surface area contributed by atoms with Gasteiger partial charge in [0.1, 0.15) is 0 Å². The first kappa shape index (κ1) is 15.0. The van der Waals surface area contributed by atoms with Crippen LogP contribution in [0, 0.1) is 5.92 Å². The molecule has 6 nitrogen and oxygen atoms in total. The molecule has 0 amide bonds. The Labute approximate surface area is 122 Å². The van der Waals surface area contributed by atoms with E-state index in [1.165, 1.54) is 0 Å². The van der Waals surface area contributed by atoms with Gasteiger partial charge in [0.2, 0.25) is 0 Å². The minimum Gasteiger partial charge on any atom is -0.481 e. The van der Waals surface area contributed by atoms with E-state index < -0.39 is 23.8 Å². The maximum absolute atomic E-state index is 12.2. The summed E-state index contributed by atoms with van der Waals surface area (Å²) >= 11 is 0. The van der Waals surface area contributed by atoms with Gasteiger partial charge in [-0.3, -0.25) is 9.59 Å². The molecule has 0 fully saturated rings. The monoisotopic (exact) mass is 291 g/mol. The number of benzene rings is 1. The van der Waals surface area contributed by atoms with Crippen LogP contribution in [0.2, 0.25) is 0 Å². The maximum Gasteiger partial charge on any atom is 0.334 e. The van der Waals surface area contributed by atoms with E-state index in [9.17, 15) is 19.5 Å². The second kappa shape index (κ2) is 5.95. The van der Waals surface area contributed by atoms with Crippen molar-refractivity contribution in [1.82, 2.24) is 0 Å². The summed E-state index contributed by atoms with van der Waals surface area (Å²) in [6, 6.07) is 5.59. The molecule has 112 valence electrons. The van der Waals surface area contributed by atoms with Crippen molar-refractivity contribution in [3.63, 3.8) is 0 Å². The van der Waals surface area contributed by atoms with Crippen LogP contribution in [0.5, 0.6) is 0 Å². The summed E-state index contributed by atoms with van der Waals surface area (Å²) < 4.78 is 0. The number of carbonyl (C=O) groups is 3. The highest BCUT2D eigenvalue weighted by atomic mass is 16.4. The first-order valence-electron chi connectivity index (χ1n) is 6.76. The van der Waals surface area contributed by atoms with Crippen molar-refractivity contribution in [2.45, 2.75) is 25.8 Å². The molecular weight excluding hydrogens is 274 g/mol. The molecule has 0 radical (unpaired) electrons. The third kappa shape index (κ3) is 3.04. The number of carbonyl (C=O) groups excluding carboxylic acids is 1. The zero-order valence-electron chi connectivity index (χ0n) is 11.7. The summed E-state index contributed by atoms with van der Waals surface area (Å²) in [5, 5.41) is 18.0. The van der Waals surface area contributed by atoms with Crippen molar-refractivity contribution in [3.05, 3.63) is 29.8 Å². The molecule has 0 saturated carbocycles. The van der Waals surface area contributed by atoms with E-state index in [-0.39, 0.29) is 12.3 Å². The number of anilines is 1. The van der Waals surface area contributed by atoms with Crippen LogP contribution in [-0.4, -0.2) is 40.5 Å². The lowest BCUT2D eigenvalue weighted by molar-refractivity contribution is -0.139. The standard InChI is InChI=1S/C15H17NO5/c1-9(8-12(17)18)6-7-16-11-5-3-2-4-10(11)14(19)13(16)15(20)21/h2-5,9,13H,6-8H2,1H3,(H,17,18)(H,20,21)/t9-,13+/m1/s1. The molecule has 6 heteroatoms. The van der Waals surface area contributed by atoms with Crippen LogP contribution in [0.3, 0.4) is 0 Å². The summed E-state index contributed by atoms with van der Waals surface area (Å²) in [4.78, 5) is 35.7. The molecule has 21 heavy (non-hydrogen) atoms. The average molecular weight is 291 g/mol. The van der Waals surface area contributed by atoms with E-state index in [0.29, 0.717) is 24.2 Å². The van der Waals surface area contributed by atoms with E-state index in [0.717, 1.165) is 0 Å². The van der Waals surface area contributed by atoms with Crippen LogP contribution in [0.25, 0.3) is 0 Å². The zero-order chi connectivity index (χ0) is 15.6. The number of aliphatic carboxylic acids is 2. The highest BCUT2D eigenvalue weighted by molar-refractivity contribution is 6.20. The van der Waals surface area contributed by atoms with Gasteiger partial charge in [-0.15, -0.1) is 0 Å². The molecular formula is C15H17NO5. The first-order valence-corrected chi connectivity index (χ1v) is 6.76. The number of para-hydroxylation sites is 1. The molecule has 0 saturated heterocycles. The molecule has 0 spiro atoms. The van der Waals surface area contributed by atoms with Crippen LogP contribution in [0.1, 0.15) is 30.1 Å². The number of hydrogen-bond acceptors (Lipinski definition) is 4. The van der Waals surface area contributed by atoms with Gasteiger partial charge in [0, 0.05) is 24.2 Å². The Bertz CT molecular complexity index is 583. The van der Waals surface area contributed by atoms with Crippen molar-refractivity contribution in [2.75, 3.05) is 11.4 Å². The topological polar surface area (TPSA) is 94.9 Å². The minimum absolute atomic E-state index is 0.0289. The normalized spacial score (nSPS) is 18.4. The fourth-order valence-corrected chi connectivity index (χ4v) is 2.62. The lowest BCUT2D eigenvalue weighted by Crippen LogP contribution is -2.42. The average Bonchev–Trinajstić information content (AvgIpc) is 2.69. The summed E-state index contributed by atoms with van der Waals surface area (Å²) in [5.41, 5.74) is 1.02. The number of nitrogens with zero attached hydrogens (tertiary/aromatic N) is 1. The largest absolute Gasteiger partial charge is 0.481 e. The molecule has 1 heterocycles. The van der Waals surface area contributed by atoms with Gasteiger partial charge in [0.05, 0.1) is 0 Å². The predicted octanol–water partition coefficient (Wildman–Crippen LogP) is 1.64. The van der Waals surface area contributed by atoms with E-state index in [4.69, 9.17) is 5.11 Å². The van der Waals surface area contributed by atoms with E-state index in [1.807, 2.05) is 0 Å². The number of hydrogen-bond donors (Lipinski definition) is 2. The van der Waals surface area contributed by atoms with Crippen molar-refractivity contribution >= 4 is 23.4 Å². The van der Waals surface area contributed by atoms with Gasteiger partial charge >= 0.3 is 11.9 Å². The molecule has 0 aliphatic carbocycles. The Morgan fingerprint density at radius 1 is 1.29 bits per heavy atom. The molecule has 0 unspecified atom stereocenters. The Balaban J connectivity index is 2.17. The first-order chi connectivity index (χ1) is 9.91. The van der Waals surface area contributed by atoms with Crippen molar-refractivity contribution in [3.8, 4) is 0 Å². The number of fused-ring (bicyclic) bond motifs is 1. The lowest BCUT2D eigenvalue weighted by atomic mass is 10.0. The molecule has 2 N–H and O–H groups in total. The molecule has 1 aromatic rings. The fourth-order valence-electron chi connectivity index (χ4n) is 2.62. The quantitative estimate of drug-likeness (QED) is 0.774. The summed E-state index contributed by atoms with van der Waals surface area (Å²) in [6.07, 6.45) is 0.541. The molecule has 0 bridgehead atoms. The van der Waals surface area contributed by atoms with Crippen LogP contribution in [0.4, 0.5) is 5.69 Å². The highest BCUT2D eigenvalue weighted by Crippen LogP contribution is 2.32. The second-order valence-electron chi connectivity index (χ2n) is 5.31. The van der Waals surface area contributed by atoms with E-state index in [2.05, 4.69) is 0 Å². The van der Waals surface area contributed by atoms with E-state index >= 15 is 0 Å². The second-order valence-corrected chi connectivity index (χ2v) is 5.31. The molecule has 1 aromatic carbocycles. The van der Waals surface area contributed by atoms with Crippen LogP contribution < -0.4 is 4.90 Å². The minimum atomic E-state index is -1.21. The van der Waals surface area contributed by atoms with Gasteiger partial charge < -0.3 is 15.1 Å². The number of ketones is 1. The van der Waals surface area contributed by atoms with E-state index in [1.54, 1.807) is 36.1 Å². The SMILES string of the molecule is C[C@H](CCN1c2ccccc2C(=O)[C@H]1C(=O)O)CC(=O)O. The Morgan fingerprint density at radius 3 is 2.57 bits per heavy atom. The Hall–Kier alpha value is -2.37. The van der Waals surface area contributed by atoms with Gasteiger partial charge in [-0.05, 0) is 24.5 Å². The van der Waals surface area contributed by atoms with Crippen LogP contribution >= 0.6 is 0 Å². The van der Waals surface area contributed by atoms with Crippen molar-refractivity contribution in [1.29, 1.82) is 0 Å². The zero-order valence-corrected chi connectivity index (χ0v) is 11.7. The Kier molecular flexibility index (Phi) is 4.26. The summed E-state index contributed by atoms with van der Waals surface area (Å²) in [6.45, 7) is 2.14. The molecule has 0 aromatic heterocycles. The third-order valence-corrected chi connectivity index (χ3v) is 3.66. The number of carboxylic acids is 2. The van der Waals surface area contributed by atoms with Crippen LogP contribution in [0.15, 0.2) is 24.3 Å². The number of carboxylic acid groups (broad SMARTS) is 2. The Morgan fingerprint density at radius 2 is 1.95 bits per heavy atom. The molecule has 2 rings (SSSR count). The summed E-state index contributed by atoms with van der Waals surface area (Å²) in [5.74, 6) is -2.55. The predicted molar refractivity (Wildman–Crippen MR) is 75.6 cm³/mol. The highest BCUT2D eigenvalue weighted by Gasteiger charge is 2.41. The van der Waals surface area contributed by atoms with Gasteiger partial charge in [0.25, 0.3) is 0 Å². The number of rotatable bonds is 6. The smallest absolute Gasteiger partial charge is 0.334 e. The van der Waals surface area contributed by atoms with Gasteiger partial charge in [-0.1, -0.05) is 19.1 Å². The summed E-state index contributed by atoms with van der Waals surface area (Å²) in [7, 11) is 0. The van der Waals surface area contributed by atoms with Crippen molar-refractivity contribution in [2.24, 2.45) is 5.92 Å². The van der Waals surface area contributed by atoms with Gasteiger partial charge in [0.15, 0.2) is 11.8 Å². The third-order valence-electron chi connectivity index (χ3n) is 3.66. The maximum atomic E-state index is 12.2. The van der Waals surface area contributed by atoms with Gasteiger partial charge in [-0.2, -0.15) is 0 Å². The molecule has 1 aliphatic heterocycles. The van der Waals surface area contributed by atoms with Gasteiger partial charge in [-0.25, -0.2) is 4.79 Å². The number of Topliss-reactive ketones (excluding diaryl/α,β-unsaturated/α-hetero) is 1. The van der Waals surface area contributed by atoms with Crippen LogP contribution in [-0.2, 0) is 9.59 Å². The molecule has 1 aliphatic rings. The molecule has 2 atom stereocenters.